The van der Waals surface area contributed by atoms with Crippen LogP contribution in [0.4, 0.5) is 10.7 Å². The molecule has 0 aliphatic carbocycles. The molecule has 3 heterocycles. The third kappa shape index (κ3) is 5.55. The lowest BCUT2D eigenvalue weighted by Crippen LogP contribution is -2.44. The zero-order chi connectivity index (χ0) is 24.5. The summed E-state index contributed by atoms with van der Waals surface area (Å²) in [5, 5.41) is 12.7. The third-order valence-electron chi connectivity index (χ3n) is 5.81. The van der Waals surface area contributed by atoms with E-state index in [-0.39, 0.29) is 12.1 Å². The number of hydrogen-bond acceptors (Lipinski definition) is 8. The van der Waals surface area contributed by atoms with Crippen LogP contribution in [-0.4, -0.2) is 45.7 Å². The number of carbonyl (C=O) groups is 1. The van der Waals surface area contributed by atoms with Gasteiger partial charge in [-0.1, -0.05) is 0 Å². The molecule has 1 saturated heterocycles. The summed E-state index contributed by atoms with van der Waals surface area (Å²) in [6.45, 7) is 10.8. The maximum Gasteiger partial charge on any atom is 0.410 e. The van der Waals surface area contributed by atoms with Crippen molar-refractivity contribution in [1.82, 2.24) is 14.9 Å². The van der Waals surface area contributed by atoms with Gasteiger partial charge in [0, 0.05) is 36.2 Å². The summed E-state index contributed by atoms with van der Waals surface area (Å²) in [5.74, 6) is 3.49. The maximum atomic E-state index is 12.3. The molecule has 8 nitrogen and oxygen atoms in total. The summed E-state index contributed by atoms with van der Waals surface area (Å²) in [4.78, 5) is 23.6. The maximum absolute atomic E-state index is 12.3. The zero-order valence-corrected chi connectivity index (χ0v) is 21.2. The van der Waals surface area contributed by atoms with Gasteiger partial charge in [-0.15, -0.1) is 0 Å². The number of rotatable bonds is 4. The van der Waals surface area contributed by atoms with E-state index in [1.807, 2.05) is 46.8 Å². The van der Waals surface area contributed by atoms with Crippen molar-refractivity contribution in [3.63, 3.8) is 0 Å². The first-order valence-corrected chi connectivity index (χ1v) is 12.7. The molecule has 0 radical (unpaired) electrons. The standard InChI is InChI=1S/C25H31N5O3S/c1-15-10-17(12-26)11-16(2)21(15)32-22-19-13-34-14-20(19)28-23(29-22)27-18-6-8-30(9-7-18)24(31)33-25(3,4)5/h10-11,18H,6-9,13-14H2,1-5H3,(H,27,28,29). The Morgan fingerprint density at radius 1 is 1.18 bits per heavy atom. The quantitative estimate of drug-likeness (QED) is 0.627. The average molecular weight is 482 g/mol. The fraction of sp³-hybridized carbons (Fsp3) is 0.520. The Bertz CT molecular complexity index is 1110. The molecule has 0 bridgehead atoms. The molecule has 0 spiro atoms. The van der Waals surface area contributed by atoms with E-state index in [0.717, 1.165) is 52.5 Å². The molecule has 0 atom stereocenters. The number of aromatic nitrogens is 2. The van der Waals surface area contributed by atoms with E-state index < -0.39 is 5.60 Å². The minimum Gasteiger partial charge on any atom is -0.444 e. The highest BCUT2D eigenvalue weighted by Crippen LogP contribution is 2.38. The number of benzene rings is 1. The number of ether oxygens (including phenoxy) is 2. The molecule has 2 aliphatic rings. The van der Waals surface area contributed by atoms with Crippen LogP contribution in [0.15, 0.2) is 12.1 Å². The predicted octanol–water partition coefficient (Wildman–Crippen LogP) is 5.32. The number of amides is 1. The number of aryl methyl sites for hydroxylation is 2. The van der Waals surface area contributed by atoms with Gasteiger partial charge >= 0.3 is 6.09 Å². The van der Waals surface area contributed by atoms with Crippen LogP contribution in [0.2, 0.25) is 0 Å². The molecule has 1 fully saturated rings. The first-order chi connectivity index (χ1) is 16.1. The van der Waals surface area contributed by atoms with Gasteiger partial charge < -0.3 is 19.7 Å². The number of hydrogen-bond donors (Lipinski definition) is 1. The molecule has 1 N–H and O–H groups in total. The van der Waals surface area contributed by atoms with Crippen molar-refractivity contribution in [2.24, 2.45) is 0 Å². The van der Waals surface area contributed by atoms with Gasteiger partial charge in [0.15, 0.2) is 0 Å². The van der Waals surface area contributed by atoms with Gasteiger partial charge in [0.25, 0.3) is 0 Å². The Morgan fingerprint density at radius 2 is 1.85 bits per heavy atom. The van der Waals surface area contributed by atoms with Crippen LogP contribution in [0.25, 0.3) is 0 Å². The lowest BCUT2D eigenvalue weighted by atomic mass is 10.1. The van der Waals surface area contributed by atoms with Gasteiger partial charge in [0.2, 0.25) is 11.8 Å². The fourth-order valence-corrected chi connectivity index (χ4v) is 5.19. The Morgan fingerprint density at radius 3 is 2.47 bits per heavy atom. The Kier molecular flexibility index (Phi) is 6.89. The molecule has 9 heteroatoms. The van der Waals surface area contributed by atoms with Gasteiger partial charge in [-0.3, -0.25) is 0 Å². The number of nitrogens with one attached hydrogen (secondary N) is 1. The normalized spacial score (nSPS) is 16.1. The lowest BCUT2D eigenvalue weighted by molar-refractivity contribution is 0.0210. The van der Waals surface area contributed by atoms with Crippen molar-refractivity contribution in [1.29, 1.82) is 5.26 Å². The summed E-state index contributed by atoms with van der Waals surface area (Å²) in [6.07, 6.45) is 1.32. The van der Waals surface area contributed by atoms with E-state index >= 15 is 0 Å². The highest BCUT2D eigenvalue weighted by molar-refractivity contribution is 7.98. The first kappa shape index (κ1) is 24.1. The van der Waals surface area contributed by atoms with Gasteiger partial charge in [0.05, 0.1) is 17.3 Å². The van der Waals surface area contributed by atoms with Crippen molar-refractivity contribution >= 4 is 23.8 Å². The van der Waals surface area contributed by atoms with Crippen LogP contribution in [0.3, 0.4) is 0 Å². The fourth-order valence-electron chi connectivity index (χ4n) is 4.16. The molecule has 1 aromatic heterocycles. The number of thioether (sulfide) groups is 1. The Hall–Kier alpha value is -2.99. The van der Waals surface area contributed by atoms with E-state index in [9.17, 15) is 10.1 Å². The molecule has 1 amide bonds. The Balaban J connectivity index is 1.48. The van der Waals surface area contributed by atoms with Crippen molar-refractivity contribution < 1.29 is 14.3 Å². The second kappa shape index (κ2) is 9.71. The van der Waals surface area contributed by atoms with Crippen LogP contribution < -0.4 is 10.1 Å². The van der Waals surface area contributed by atoms with Crippen LogP contribution >= 0.6 is 11.8 Å². The van der Waals surface area contributed by atoms with Crippen LogP contribution in [-0.2, 0) is 16.2 Å². The topological polar surface area (TPSA) is 100 Å². The minimum absolute atomic E-state index is 0.164. The molecule has 0 unspecified atom stereocenters. The number of anilines is 1. The molecule has 1 aromatic carbocycles. The number of piperidine rings is 1. The van der Waals surface area contributed by atoms with Gasteiger partial charge in [0.1, 0.15) is 11.4 Å². The van der Waals surface area contributed by atoms with Gasteiger partial charge in [-0.25, -0.2) is 9.78 Å². The smallest absolute Gasteiger partial charge is 0.410 e. The van der Waals surface area contributed by atoms with Crippen LogP contribution in [0.1, 0.15) is 61.6 Å². The average Bonchev–Trinajstić information content (AvgIpc) is 3.24. The second-order valence-corrected chi connectivity index (χ2v) is 10.8. The van der Waals surface area contributed by atoms with Crippen molar-refractivity contribution in [2.45, 2.75) is 70.6 Å². The largest absolute Gasteiger partial charge is 0.444 e. The van der Waals surface area contributed by atoms with E-state index in [2.05, 4.69) is 11.4 Å². The highest BCUT2D eigenvalue weighted by Gasteiger charge is 2.28. The van der Waals surface area contributed by atoms with Crippen molar-refractivity contribution in [3.05, 3.63) is 40.1 Å². The summed E-state index contributed by atoms with van der Waals surface area (Å²) in [6, 6.07) is 6.01. The molecule has 2 aliphatic heterocycles. The first-order valence-electron chi connectivity index (χ1n) is 11.5. The monoisotopic (exact) mass is 481 g/mol. The molecule has 0 saturated carbocycles. The summed E-state index contributed by atoms with van der Waals surface area (Å²) in [5.41, 5.74) is 3.94. The summed E-state index contributed by atoms with van der Waals surface area (Å²) in [7, 11) is 0. The van der Waals surface area contributed by atoms with Gasteiger partial charge in [-0.2, -0.15) is 22.0 Å². The molecular weight excluding hydrogens is 450 g/mol. The molecular formula is C25H31N5O3S. The van der Waals surface area contributed by atoms with E-state index in [1.165, 1.54) is 0 Å². The number of nitriles is 1. The van der Waals surface area contributed by atoms with Gasteiger partial charge in [-0.05, 0) is 70.7 Å². The van der Waals surface area contributed by atoms with E-state index in [0.29, 0.717) is 30.5 Å². The number of likely N-dealkylation sites (tertiary alicyclic amines) is 1. The molecule has 34 heavy (non-hydrogen) atoms. The lowest BCUT2D eigenvalue weighted by Gasteiger charge is -2.33. The number of nitrogens with zero attached hydrogens (tertiary/aromatic N) is 4. The predicted molar refractivity (Wildman–Crippen MR) is 132 cm³/mol. The summed E-state index contributed by atoms with van der Waals surface area (Å²) >= 11 is 1.79. The second-order valence-electron chi connectivity index (χ2n) is 9.81. The van der Waals surface area contributed by atoms with Crippen molar-refractivity contribution in [2.75, 3.05) is 18.4 Å². The SMILES string of the molecule is Cc1cc(C#N)cc(C)c1Oc1nc(NC2CCN(C(=O)OC(C)(C)C)CC2)nc2c1CSC2. The van der Waals surface area contributed by atoms with Crippen molar-refractivity contribution in [3.8, 4) is 17.7 Å². The van der Waals surface area contributed by atoms with E-state index in [1.54, 1.807) is 16.7 Å². The summed E-state index contributed by atoms with van der Waals surface area (Å²) < 4.78 is 11.8. The minimum atomic E-state index is -0.496. The van der Waals surface area contributed by atoms with E-state index in [4.69, 9.17) is 19.4 Å². The molecule has 4 rings (SSSR count). The van der Waals surface area contributed by atoms with Crippen LogP contribution in [0, 0.1) is 25.2 Å². The Labute approximate surface area is 205 Å². The molecule has 2 aromatic rings. The molecule has 180 valence electrons. The zero-order valence-electron chi connectivity index (χ0n) is 20.4. The highest BCUT2D eigenvalue weighted by atomic mass is 32.2. The van der Waals surface area contributed by atoms with Crippen LogP contribution in [0.5, 0.6) is 11.6 Å². The number of fused-ring (bicyclic) bond motifs is 1. The third-order valence-corrected chi connectivity index (χ3v) is 6.78. The number of carbonyl (C=O) groups excluding carboxylic acids is 1.